The van der Waals surface area contributed by atoms with Crippen molar-refractivity contribution in [3.05, 3.63) is 10.4 Å². The van der Waals surface area contributed by atoms with Gasteiger partial charge in [-0.25, -0.2) is 9.59 Å². The van der Waals surface area contributed by atoms with Crippen LogP contribution in [-0.2, 0) is 4.79 Å². The van der Waals surface area contributed by atoms with E-state index in [1.54, 1.807) is 0 Å². The summed E-state index contributed by atoms with van der Waals surface area (Å²) in [5.74, 6) is -1.17. The lowest BCUT2D eigenvalue weighted by atomic mass is 9.99. The lowest BCUT2D eigenvalue weighted by molar-refractivity contribution is -0.143. The second-order valence-corrected chi connectivity index (χ2v) is 3.23. The van der Waals surface area contributed by atoms with Crippen molar-refractivity contribution in [1.82, 2.24) is 4.90 Å². The maximum atomic E-state index is 10.7. The molecule has 1 heterocycles. The largest absolute Gasteiger partial charge is 0.480 e. The number of rotatable bonds is 2. The normalized spacial score (nSPS) is 25.5. The van der Waals surface area contributed by atoms with Crippen molar-refractivity contribution in [2.45, 2.75) is 24.9 Å². The van der Waals surface area contributed by atoms with Gasteiger partial charge < -0.3 is 10.2 Å². The zero-order valence-corrected chi connectivity index (χ0v) is 7.78. The first-order valence-corrected chi connectivity index (χ1v) is 4.33. The van der Waals surface area contributed by atoms with Crippen LogP contribution in [0.15, 0.2) is 5.11 Å². The highest BCUT2D eigenvalue weighted by molar-refractivity contribution is 5.79. The average molecular weight is 214 g/mol. The highest BCUT2D eigenvalue weighted by atomic mass is 16.4. The van der Waals surface area contributed by atoms with E-state index in [4.69, 9.17) is 15.7 Å². The second-order valence-electron chi connectivity index (χ2n) is 3.23. The van der Waals surface area contributed by atoms with Crippen LogP contribution in [-0.4, -0.2) is 45.8 Å². The number of amides is 1. The topological polar surface area (TPSA) is 127 Å². The van der Waals surface area contributed by atoms with Crippen molar-refractivity contribution in [2.75, 3.05) is 6.54 Å². The third kappa shape index (κ3) is 2.50. The van der Waals surface area contributed by atoms with Crippen LogP contribution >= 0.6 is 0 Å². The molecule has 0 aromatic rings. The lowest BCUT2D eigenvalue weighted by Crippen LogP contribution is -2.51. The van der Waals surface area contributed by atoms with E-state index in [-0.39, 0.29) is 13.0 Å². The Bertz CT molecular complexity index is 325. The molecule has 15 heavy (non-hydrogen) atoms. The zero-order valence-electron chi connectivity index (χ0n) is 7.78. The van der Waals surface area contributed by atoms with Gasteiger partial charge in [0.25, 0.3) is 0 Å². The molecule has 0 radical (unpaired) electrons. The summed E-state index contributed by atoms with van der Waals surface area (Å²) in [6.45, 7) is -0.0592. The van der Waals surface area contributed by atoms with Crippen LogP contribution in [0.4, 0.5) is 4.79 Å². The maximum absolute atomic E-state index is 10.7. The molecule has 0 saturated carbocycles. The van der Waals surface area contributed by atoms with E-state index in [1.165, 1.54) is 0 Å². The molecule has 1 rings (SSSR count). The van der Waals surface area contributed by atoms with Gasteiger partial charge >= 0.3 is 12.1 Å². The molecule has 1 unspecified atom stereocenters. The van der Waals surface area contributed by atoms with E-state index < -0.39 is 24.1 Å². The number of nitrogens with zero attached hydrogens (tertiary/aromatic N) is 4. The lowest BCUT2D eigenvalue weighted by Gasteiger charge is -2.33. The van der Waals surface area contributed by atoms with E-state index in [9.17, 15) is 9.59 Å². The van der Waals surface area contributed by atoms with Crippen molar-refractivity contribution in [3.63, 3.8) is 0 Å². The minimum Gasteiger partial charge on any atom is -0.480 e. The van der Waals surface area contributed by atoms with Crippen LogP contribution in [0.1, 0.15) is 12.8 Å². The van der Waals surface area contributed by atoms with Crippen molar-refractivity contribution < 1.29 is 19.8 Å². The van der Waals surface area contributed by atoms with Gasteiger partial charge in [-0.1, -0.05) is 5.11 Å². The van der Waals surface area contributed by atoms with Gasteiger partial charge in [0, 0.05) is 11.5 Å². The number of hydrogen-bond acceptors (Lipinski definition) is 3. The molecule has 1 aliphatic rings. The standard InChI is InChI=1S/C7H10N4O4/c8-10-9-4-1-2-5(6(12)13)11(3-4)7(14)15/h4-5H,1-3H2,(H,12,13)(H,14,15)/t4?,5-/m1/s1. The molecule has 0 aliphatic carbocycles. The summed E-state index contributed by atoms with van der Waals surface area (Å²) >= 11 is 0. The second kappa shape index (κ2) is 4.52. The Hall–Kier alpha value is -1.95. The molecule has 2 atom stereocenters. The number of carboxylic acids is 1. The first kappa shape index (κ1) is 11.1. The Morgan fingerprint density at radius 1 is 1.40 bits per heavy atom. The predicted molar refractivity (Wildman–Crippen MR) is 48.3 cm³/mol. The van der Waals surface area contributed by atoms with Crippen LogP contribution in [0.5, 0.6) is 0 Å². The maximum Gasteiger partial charge on any atom is 0.408 e. The monoisotopic (exact) mass is 214 g/mol. The number of carbonyl (C=O) groups is 2. The molecule has 1 saturated heterocycles. The van der Waals surface area contributed by atoms with E-state index in [1.807, 2.05) is 0 Å². The molecule has 8 nitrogen and oxygen atoms in total. The van der Waals surface area contributed by atoms with Crippen molar-refractivity contribution in [2.24, 2.45) is 5.11 Å². The van der Waals surface area contributed by atoms with Crippen molar-refractivity contribution in [3.8, 4) is 0 Å². The molecule has 1 aliphatic heterocycles. The van der Waals surface area contributed by atoms with Gasteiger partial charge in [-0.05, 0) is 18.4 Å². The number of carboxylic acid groups (broad SMARTS) is 2. The molecule has 0 aromatic carbocycles. The van der Waals surface area contributed by atoms with E-state index >= 15 is 0 Å². The zero-order chi connectivity index (χ0) is 11.4. The van der Waals surface area contributed by atoms with Crippen LogP contribution < -0.4 is 0 Å². The minimum absolute atomic E-state index is 0.0592. The third-order valence-corrected chi connectivity index (χ3v) is 2.30. The Morgan fingerprint density at radius 2 is 2.07 bits per heavy atom. The summed E-state index contributed by atoms with van der Waals surface area (Å²) in [4.78, 5) is 24.8. The van der Waals surface area contributed by atoms with Crippen LogP contribution in [0.3, 0.4) is 0 Å². The quantitative estimate of drug-likeness (QED) is 0.402. The van der Waals surface area contributed by atoms with Crippen LogP contribution in [0.25, 0.3) is 10.4 Å². The van der Waals surface area contributed by atoms with Gasteiger partial charge in [-0.15, -0.1) is 0 Å². The molecule has 2 N–H and O–H groups in total. The van der Waals surface area contributed by atoms with E-state index in [0.717, 1.165) is 4.90 Å². The predicted octanol–water partition coefficient (Wildman–Crippen LogP) is 0.892. The van der Waals surface area contributed by atoms with Crippen molar-refractivity contribution >= 4 is 12.1 Å². The number of aliphatic carboxylic acids is 1. The summed E-state index contributed by atoms with van der Waals surface area (Å²) in [6, 6.07) is -1.51. The highest BCUT2D eigenvalue weighted by Crippen LogP contribution is 2.20. The molecule has 1 amide bonds. The van der Waals surface area contributed by atoms with E-state index in [0.29, 0.717) is 6.42 Å². The Balaban J connectivity index is 2.77. The number of piperidine rings is 1. The first-order valence-electron chi connectivity index (χ1n) is 4.33. The SMILES string of the molecule is [N-]=[N+]=NC1CC[C@H](C(=O)O)N(C(=O)O)C1. The summed E-state index contributed by atoms with van der Waals surface area (Å²) in [6.07, 6.45) is -0.740. The van der Waals surface area contributed by atoms with Gasteiger partial charge in [-0.2, -0.15) is 0 Å². The number of azide groups is 1. The molecule has 0 spiro atoms. The van der Waals surface area contributed by atoms with Gasteiger partial charge in [-0.3, -0.25) is 4.90 Å². The summed E-state index contributed by atoms with van der Waals surface area (Å²) in [5.41, 5.74) is 8.19. The fourth-order valence-corrected chi connectivity index (χ4v) is 1.59. The van der Waals surface area contributed by atoms with E-state index in [2.05, 4.69) is 10.0 Å². The molecule has 0 bridgehead atoms. The fourth-order valence-electron chi connectivity index (χ4n) is 1.59. The molecule has 1 fully saturated rings. The Kier molecular flexibility index (Phi) is 3.35. The minimum atomic E-state index is -1.31. The average Bonchev–Trinajstić information content (AvgIpc) is 2.17. The Labute approximate surface area is 84.7 Å². The van der Waals surface area contributed by atoms with Gasteiger partial charge in [0.05, 0.1) is 6.04 Å². The summed E-state index contributed by atoms with van der Waals surface area (Å²) in [5, 5.41) is 20.9. The van der Waals surface area contributed by atoms with Crippen LogP contribution in [0, 0.1) is 0 Å². The molecule has 0 aromatic heterocycles. The smallest absolute Gasteiger partial charge is 0.408 e. The van der Waals surface area contributed by atoms with Crippen LogP contribution in [0.2, 0.25) is 0 Å². The summed E-state index contributed by atoms with van der Waals surface area (Å²) in [7, 11) is 0. The molecule has 8 heteroatoms. The van der Waals surface area contributed by atoms with Gasteiger partial charge in [0.1, 0.15) is 6.04 Å². The molecule has 82 valence electrons. The fraction of sp³-hybridized carbons (Fsp3) is 0.714. The summed E-state index contributed by atoms with van der Waals surface area (Å²) < 4.78 is 0. The van der Waals surface area contributed by atoms with Crippen molar-refractivity contribution in [1.29, 1.82) is 0 Å². The molecular weight excluding hydrogens is 204 g/mol. The van der Waals surface area contributed by atoms with Gasteiger partial charge in [0.15, 0.2) is 0 Å². The number of hydrogen-bond donors (Lipinski definition) is 2. The first-order chi connectivity index (χ1) is 7.06. The third-order valence-electron chi connectivity index (χ3n) is 2.30. The Morgan fingerprint density at radius 3 is 2.53 bits per heavy atom. The highest BCUT2D eigenvalue weighted by Gasteiger charge is 2.35. The van der Waals surface area contributed by atoms with Gasteiger partial charge in [0.2, 0.25) is 0 Å². The number of likely N-dealkylation sites (tertiary alicyclic amines) is 1. The molecular formula is C7H10N4O4.